The van der Waals surface area contributed by atoms with E-state index in [1.165, 1.54) is 6.92 Å². The molecule has 4 rings (SSSR count). The highest BCUT2D eigenvalue weighted by Crippen LogP contribution is 2.69. The highest BCUT2D eigenvalue weighted by Gasteiger charge is 2.71. The van der Waals surface area contributed by atoms with Gasteiger partial charge in [0, 0.05) is 36.3 Å². The van der Waals surface area contributed by atoms with E-state index in [0.717, 1.165) is 12.0 Å². The molecule has 30 heavy (non-hydrogen) atoms. The summed E-state index contributed by atoms with van der Waals surface area (Å²) in [4.78, 5) is 11.9. The maximum Gasteiger partial charge on any atom is 0.302 e. The molecule has 7 nitrogen and oxygen atoms in total. The molecule has 0 radical (unpaired) electrons. The van der Waals surface area contributed by atoms with Gasteiger partial charge in [0.2, 0.25) is 0 Å². The third-order valence-corrected chi connectivity index (χ3v) is 8.69. The monoisotopic (exact) mass is 422 g/mol. The zero-order valence-corrected chi connectivity index (χ0v) is 18.5. The summed E-state index contributed by atoms with van der Waals surface area (Å²) in [6.45, 7) is 7.24. The number of fused-ring (bicyclic) bond motifs is 2. The molecule has 1 aromatic heterocycles. The Kier molecular flexibility index (Phi) is 5.33. The molecule has 2 heterocycles. The molecule has 2 N–H and O–H groups in total. The quantitative estimate of drug-likeness (QED) is 0.722. The molecule has 3 aliphatic rings. The van der Waals surface area contributed by atoms with Gasteiger partial charge in [0.1, 0.15) is 6.10 Å². The molecule has 1 saturated heterocycles. The Bertz CT molecular complexity index is 775. The number of hydrogen-bond acceptors (Lipinski definition) is 7. The molecule has 2 saturated carbocycles. The molecule has 7 heteroatoms. The van der Waals surface area contributed by atoms with Gasteiger partial charge < -0.3 is 28.8 Å². The van der Waals surface area contributed by atoms with Crippen LogP contribution in [-0.2, 0) is 19.0 Å². The largest absolute Gasteiger partial charge is 0.472 e. The fourth-order valence-electron chi connectivity index (χ4n) is 6.86. The summed E-state index contributed by atoms with van der Waals surface area (Å²) in [7, 11) is 1.64. The van der Waals surface area contributed by atoms with E-state index in [-0.39, 0.29) is 23.9 Å². The van der Waals surface area contributed by atoms with Crippen molar-refractivity contribution in [1.82, 2.24) is 0 Å². The number of methoxy groups -OCH3 is 1. The number of carbonyl (C=O) groups is 1. The van der Waals surface area contributed by atoms with Crippen molar-refractivity contribution in [1.29, 1.82) is 0 Å². The fourth-order valence-corrected chi connectivity index (χ4v) is 6.86. The molecule has 0 amide bonds. The van der Waals surface area contributed by atoms with Crippen LogP contribution in [0.25, 0.3) is 0 Å². The summed E-state index contributed by atoms with van der Waals surface area (Å²) in [5.41, 5.74) is -1.55. The summed E-state index contributed by atoms with van der Waals surface area (Å²) >= 11 is 0. The minimum atomic E-state index is -1.33. The van der Waals surface area contributed by atoms with Gasteiger partial charge in [0.05, 0.1) is 30.3 Å². The second-order valence-electron chi connectivity index (χ2n) is 9.92. The van der Waals surface area contributed by atoms with E-state index >= 15 is 0 Å². The summed E-state index contributed by atoms with van der Waals surface area (Å²) < 4.78 is 23.4. The third-order valence-electron chi connectivity index (χ3n) is 8.69. The number of esters is 1. The van der Waals surface area contributed by atoms with Crippen LogP contribution in [0.2, 0.25) is 0 Å². The lowest BCUT2D eigenvalue weighted by Crippen LogP contribution is -2.69. The predicted molar refractivity (Wildman–Crippen MR) is 107 cm³/mol. The summed E-state index contributed by atoms with van der Waals surface area (Å²) in [5.74, 6) is -0.376. The molecule has 2 aliphatic carbocycles. The van der Waals surface area contributed by atoms with E-state index in [2.05, 4.69) is 6.92 Å². The van der Waals surface area contributed by atoms with Crippen molar-refractivity contribution in [3.63, 3.8) is 0 Å². The highest BCUT2D eigenvalue weighted by atomic mass is 16.7. The molecule has 168 valence electrons. The molecular formula is C23H34O7. The van der Waals surface area contributed by atoms with Crippen molar-refractivity contribution in [2.24, 2.45) is 22.7 Å². The van der Waals surface area contributed by atoms with Gasteiger partial charge in [-0.3, -0.25) is 4.79 Å². The van der Waals surface area contributed by atoms with Crippen LogP contribution in [0.1, 0.15) is 65.0 Å². The normalized spacial score (nSPS) is 48.5. The lowest BCUT2D eigenvalue weighted by Gasteiger charge is -2.65. The Labute approximate surface area is 177 Å². The minimum absolute atomic E-state index is 0.0204. The van der Waals surface area contributed by atoms with E-state index in [4.69, 9.17) is 18.6 Å². The molecule has 1 spiro atoms. The maximum absolute atomic E-state index is 11.9. The van der Waals surface area contributed by atoms with Crippen molar-refractivity contribution in [3.05, 3.63) is 24.2 Å². The molecule has 0 unspecified atom stereocenters. The number of furan rings is 1. The first-order valence-electron chi connectivity index (χ1n) is 10.9. The molecule has 1 aromatic rings. The van der Waals surface area contributed by atoms with Crippen LogP contribution >= 0.6 is 0 Å². The Hall–Kier alpha value is -1.41. The average Bonchev–Trinajstić information content (AvgIpc) is 3.32. The molecule has 1 aliphatic heterocycles. The van der Waals surface area contributed by atoms with Crippen LogP contribution in [0.5, 0.6) is 0 Å². The van der Waals surface area contributed by atoms with Gasteiger partial charge in [0.15, 0.2) is 6.29 Å². The number of hydrogen-bond donors (Lipinski definition) is 2. The Balaban J connectivity index is 1.83. The number of ether oxygens (including phenoxy) is 3. The van der Waals surface area contributed by atoms with Gasteiger partial charge in [-0.25, -0.2) is 0 Å². The minimum Gasteiger partial charge on any atom is -0.472 e. The third kappa shape index (κ3) is 2.89. The lowest BCUT2D eigenvalue weighted by molar-refractivity contribution is -0.291. The fraction of sp³-hybridized carbons (Fsp3) is 0.783. The first-order valence-corrected chi connectivity index (χ1v) is 10.9. The summed E-state index contributed by atoms with van der Waals surface area (Å²) in [6.07, 6.45) is 3.72. The number of aliphatic hydroxyl groups excluding tert-OH is 1. The topological polar surface area (TPSA) is 98.4 Å². The molecule has 9 atom stereocenters. The highest BCUT2D eigenvalue weighted by molar-refractivity contribution is 5.66. The first kappa shape index (κ1) is 21.8. The maximum atomic E-state index is 11.9. The summed E-state index contributed by atoms with van der Waals surface area (Å²) in [6, 6.07) is 1.90. The Morgan fingerprint density at radius 1 is 1.27 bits per heavy atom. The first-order chi connectivity index (χ1) is 14.1. The van der Waals surface area contributed by atoms with E-state index in [9.17, 15) is 15.0 Å². The van der Waals surface area contributed by atoms with Crippen molar-refractivity contribution in [2.75, 3.05) is 7.11 Å². The zero-order valence-electron chi connectivity index (χ0n) is 18.5. The van der Waals surface area contributed by atoms with E-state index in [1.54, 1.807) is 26.6 Å². The second-order valence-corrected chi connectivity index (χ2v) is 9.92. The van der Waals surface area contributed by atoms with Gasteiger partial charge in [-0.1, -0.05) is 13.8 Å². The van der Waals surface area contributed by atoms with Crippen LogP contribution in [0.3, 0.4) is 0 Å². The van der Waals surface area contributed by atoms with Gasteiger partial charge in [-0.05, 0) is 44.6 Å². The van der Waals surface area contributed by atoms with Crippen LogP contribution < -0.4 is 0 Å². The van der Waals surface area contributed by atoms with Crippen LogP contribution in [0.15, 0.2) is 23.0 Å². The Morgan fingerprint density at radius 3 is 2.60 bits per heavy atom. The molecule has 3 fully saturated rings. The average molecular weight is 423 g/mol. The molecular weight excluding hydrogens is 388 g/mol. The lowest BCUT2D eigenvalue weighted by atomic mass is 9.42. The SMILES string of the molecule is CO[C@H]1O[C@@H](c2ccoc2)C[C@]12[C@H](C)[C@H](OC(C)=O)C[C@]1(C)[C@@H]2CC[C@@H](O)[C@@]1(C)O. The van der Waals surface area contributed by atoms with Crippen molar-refractivity contribution in [3.8, 4) is 0 Å². The van der Waals surface area contributed by atoms with Crippen LogP contribution in [0, 0.1) is 22.7 Å². The predicted octanol–water partition coefficient (Wildman–Crippen LogP) is 3.20. The van der Waals surface area contributed by atoms with Crippen LogP contribution in [0.4, 0.5) is 0 Å². The standard InChI is InChI=1S/C23H34O7/c1-13-16(29-14(2)24)10-21(3)18(6-7-19(25)22(21,4)26)23(13)11-17(30-20(23)27-5)15-8-9-28-12-15/h8-9,12-13,16-20,25-26H,6-7,10-11H2,1-5H3/t13-,16-,17-,18+,19-,20+,21-,22-,23-/m1/s1. The second kappa shape index (κ2) is 7.33. The summed E-state index contributed by atoms with van der Waals surface area (Å²) in [5, 5.41) is 22.2. The van der Waals surface area contributed by atoms with E-state index < -0.39 is 34.9 Å². The molecule has 0 aromatic carbocycles. The van der Waals surface area contributed by atoms with Gasteiger partial charge in [-0.15, -0.1) is 0 Å². The van der Waals surface area contributed by atoms with Crippen molar-refractivity contribution >= 4 is 5.97 Å². The Morgan fingerprint density at radius 2 is 2.00 bits per heavy atom. The zero-order chi connectivity index (χ0) is 21.9. The van der Waals surface area contributed by atoms with E-state index in [0.29, 0.717) is 19.3 Å². The number of carbonyl (C=O) groups excluding carboxylic acids is 1. The van der Waals surface area contributed by atoms with Crippen molar-refractivity contribution in [2.45, 2.75) is 83.6 Å². The van der Waals surface area contributed by atoms with Gasteiger partial charge in [-0.2, -0.15) is 0 Å². The molecule has 0 bridgehead atoms. The van der Waals surface area contributed by atoms with Crippen LogP contribution in [-0.4, -0.2) is 47.4 Å². The van der Waals surface area contributed by atoms with Crippen molar-refractivity contribution < 1.29 is 33.6 Å². The smallest absolute Gasteiger partial charge is 0.302 e. The van der Waals surface area contributed by atoms with Gasteiger partial charge in [0.25, 0.3) is 0 Å². The van der Waals surface area contributed by atoms with E-state index in [1.807, 2.05) is 13.0 Å². The van der Waals surface area contributed by atoms with Gasteiger partial charge >= 0.3 is 5.97 Å². The number of rotatable bonds is 3. The number of aliphatic hydroxyl groups is 2.